The minimum absolute atomic E-state index is 0.00402. The Bertz CT molecular complexity index is 345. The molecule has 3 nitrogen and oxygen atoms in total. The molecule has 0 amide bonds. The fourth-order valence-electron chi connectivity index (χ4n) is 2.26. The molecule has 0 heterocycles. The van der Waals surface area contributed by atoms with Gasteiger partial charge in [0.15, 0.2) is 0 Å². The summed E-state index contributed by atoms with van der Waals surface area (Å²) >= 11 is 3.43. The molecule has 1 aromatic carbocycles. The molecular formula is C13H18BrNO2. The molecule has 0 unspecified atom stereocenters. The summed E-state index contributed by atoms with van der Waals surface area (Å²) in [6, 6.07) is 8.70. The van der Waals surface area contributed by atoms with Gasteiger partial charge in [-0.2, -0.15) is 0 Å². The van der Waals surface area contributed by atoms with E-state index in [4.69, 9.17) is 10.2 Å². The van der Waals surface area contributed by atoms with Gasteiger partial charge in [0.05, 0.1) is 19.3 Å². The van der Waals surface area contributed by atoms with Gasteiger partial charge in [-0.25, -0.2) is 0 Å². The quantitative estimate of drug-likeness (QED) is 0.775. The first-order valence-corrected chi connectivity index (χ1v) is 6.75. The number of rotatable bonds is 5. The molecule has 1 aliphatic carbocycles. The summed E-state index contributed by atoms with van der Waals surface area (Å²) in [5.41, 5.74) is 1.37. The van der Waals surface area contributed by atoms with Gasteiger partial charge in [-0.1, -0.05) is 28.1 Å². The van der Waals surface area contributed by atoms with Crippen LogP contribution in [0, 0.1) is 0 Å². The Kier molecular flexibility index (Phi) is 4.56. The normalized spacial score (nSPS) is 23.8. The van der Waals surface area contributed by atoms with E-state index in [-0.39, 0.29) is 19.3 Å². The summed E-state index contributed by atoms with van der Waals surface area (Å²) in [6.07, 6.45) is 2.16. The van der Waals surface area contributed by atoms with Crippen LogP contribution in [0.15, 0.2) is 28.7 Å². The van der Waals surface area contributed by atoms with Crippen LogP contribution in [0.2, 0.25) is 0 Å². The Balaban J connectivity index is 1.80. The molecule has 0 spiro atoms. The number of benzene rings is 1. The molecule has 0 radical (unpaired) electrons. The van der Waals surface area contributed by atoms with Gasteiger partial charge in [0, 0.05) is 10.5 Å². The smallest absolute Gasteiger partial charge is 0.0607 e. The summed E-state index contributed by atoms with van der Waals surface area (Å²) in [7, 11) is 0. The number of aliphatic hydroxyl groups excluding tert-OH is 2. The second-order valence-corrected chi connectivity index (χ2v) is 5.56. The SMILES string of the molecule is OCC(CO)NC1CC(c2ccc(Br)cc2)C1. The first kappa shape index (κ1) is 13.0. The maximum absolute atomic E-state index is 8.98. The molecule has 3 N–H and O–H groups in total. The van der Waals surface area contributed by atoms with E-state index in [1.807, 2.05) is 0 Å². The molecule has 1 aliphatic rings. The minimum Gasteiger partial charge on any atom is -0.395 e. The molecule has 1 fully saturated rings. The van der Waals surface area contributed by atoms with Crippen molar-refractivity contribution in [2.45, 2.75) is 30.8 Å². The van der Waals surface area contributed by atoms with E-state index in [0.29, 0.717) is 12.0 Å². The number of hydrogen-bond acceptors (Lipinski definition) is 3. The lowest BCUT2D eigenvalue weighted by atomic mass is 9.75. The standard InChI is InChI=1S/C13H18BrNO2/c14-11-3-1-9(2-4-11)10-5-12(6-10)15-13(7-16)8-17/h1-4,10,12-13,15-17H,5-8H2. The monoisotopic (exact) mass is 299 g/mol. The van der Waals surface area contributed by atoms with Crippen LogP contribution in [0.25, 0.3) is 0 Å². The summed E-state index contributed by atoms with van der Waals surface area (Å²) in [6.45, 7) is -0.00803. The molecule has 0 aliphatic heterocycles. The van der Waals surface area contributed by atoms with Gasteiger partial charge < -0.3 is 15.5 Å². The first-order valence-electron chi connectivity index (χ1n) is 5.96. The number of halogens is 1. The fraction of sp³-hybridized carbons (Fsp3) is 0.538. The zero-order chi connectivity index (χ0) is 12.3. The highest BCUT2D eigenvalue weighted by atomic mass is 79.9. The molecule has 0 bridgehead atoms. The average Bonchev–Trinajstić information content (AvgIpc) is 2.30. The first-order chi connectivity index (χ1) is 8.22. The van der Waals surface area contributed by atoms with Crippen molar-refractivity contribution in [2.24, 2.45) is 0 Å². The van der Waals surface area contributed by atoms with Crippen LogP contribution in [0.5, 0.6) is 0 Å². The molecule has 17 heavy (non-hydrogen) atoms. The number of aliphatic hydroxyl groups is 2. The summed E-state index contributed by atoms with van der Waals surface area (Å²) in [5, 5.41) is 21.2. The zero-order valence-electron chi connectivity index (χ0n) is 9.64. The second kappa shape index (κ2) is 5.96. The third kappa shape index (κ3) is 3.28. The van der Waals surface area contributed by atoms with E-state index in [0.717, 1.165) is 17.3 Å². The molecule has 4 heteroatoms. The van der Waals surface area contributed by atoms with Gasteiger partial charge in [-0.05, 0) is 36.5 Å². The highest BCUT2D eigenvalue weighted by Gasteiger charge is 2.31. The Morgan fingerprint density at radius 1 is 1.18 bits per heavy atom. The van der Waals surface area contributed by atoms with E-state index in [9.17, 15) is 0 Å². The third-order valence-corrected chi connectivity index (χ3v) is 3.92. The van der Waals surface area contributed by atoms with Crippen molar-refractivity contribution in [3.05, 3.63) is 34.3 Å². The van der Waals surface area contributed by atoms with Crippen molar-refractivity contribution in [2.75, 3.05) is 13.2 Å². The zero-order valence-corrected chi connectivity index (χ0v) is 11.2. The number of nitrogens with one attached hydrogen (secondary N) is 1. The predicted molar refractivity (Wildman–Crippen MR) is 71.0 cm³/mol. The lowest BCUT2D eigenvalue weighted by Crippen LogP contribution is -2.48. The van der Waals surface area contributed by atoms with E-state index in [2.05, 4.69) is 45.5 Å². The van der Waals surface area contributed by atoms with Gasteiger partial charge in [0.2, 0.25) is 0 Å². The van der Waals surface area contributed by atoms with Gasteiger partial charge in [-0.15, -0.1) is 0 Å². The summed E-state index contributed by atoms with van der Waals surface area (Å²) in [5.74, 6) is 0.610. The maximum Gasteiger partial charge on any atom is 0.0607 e. The molecule has 1 saturated carbocycles. The fourth-order valence-corrected chi connectivity index (χ4v) is 2.52. The van der Waals surface area contributed by atoms with Crippen LogP contribution in [-0.4, -0.2) is 35.5 Å². The minimum atomic E-state index is -0.175. The molecular weight excluding hydrogens is 282 g/mol. The molecule has 0 aromatic heterocycles. The lowest BCUT2D eigenvalue weighted by Gasteiger charge is -2.38. The third-order valence-electron chi connectivity index (χ3n) is 3.39. The van der Waals surface area contributed by atoms with Crippen molar-refractivity contribution in [1.29, 1.82) is 0 Å². The van der Waals surface area contributed by atoms with Crippen molar-refractivity contribution < 1.29 is 10.2 Å². The predicted octanol–water partition coefficient (Wildman–Crippen LogP) is 1.64. The van der Waals surface area contributed by atoms with Crippen LogP contribution in [-0.2, 0) is 0 Å². The van der Waals surface area contributed by atoms with Gasteiger partial charge in [-0.3, -0.25) is 0 Å². The topological polar surface area (TPSA) is 52.5 Å². The van der Waals surface area contributed by atoms with Crippen LogP contribution in [0.1, 0.15) is 24.3 Å². The van der Waals surface area contributed by atoms with Crippen molar-refractivity contribution in [3.8, 4) is 0 Å². The van der Waals surface area contributed by atoms with Gasteiger partial charge in [0.25, 0.3) is 0 Å². The Morgan fingerprint density at radius 2 is 1.76 bits per heavy atom. The van der Waals surface area contributed by atoms with Crippen molar-refractivity contribution in [3.63, 3.8) is 0 Å². The highest BCUT2D eigenvalue weighted by molar-refractivity contribution is 9.10. The lowest BCUT2D eigenvalue weighted by molar-refractivity contribution is 0.142. The van der Waals surface area contributed by atoms with E-state index in [1.54, 1.807) is 0 Å². The maximum atomic E-state index is 8.98. The largest absolute Gasteiger partial charge is 0.395 e. The molecule has 0 saturated heterocycles. The van der Waals surface area contributed by atoms with Crippen molar-refractivity contribution in [1.82, 2.24) is 5.32 Å². The Labute approximate surface area is 110 Å². The van der Waals surface area contributed by atoms with Gasteiger partial charge in [0.1, 0.15) is 0 Å². The Morgan fingerprint density at radius 3 is 2.29 bits per heavy atom. The van der Waals surface area contributed by atoms with E-state index >= 15 is 0 Å². The van der Waals surface area contributed by atoms with Crippen LogP contribution in [0.3, 0.4) is 0 Å². The second-order valence-electron chi connectivity index (χ2n) is 4.65. The molecule has 94 valence electrons. The summed E-state index contributed by atoms with van der Waals surface area (Å²) < 4.78 is 1.11. The van der Waals surface area contributed by atoms with E-state index < -0.39 is 0 Å². The number of hydrogen-bond donors (Lipinski definition) is 3. The molecule has 2 rings (SSSR count). The Hall–Kier alpha value is -0.420. The van der Waals surface area contributed by atoms with Crippen LogP contribution >= 0.6 is 15.9 Å². The molecule has 0 atom stereocenters. The average molecular weight is 300 g/mol. The van der Waals surface area contributed by atoms with E-state index in [1.165, 1.54) is 5.56 Å². The van der Waals surface area contributed by atoms with Gasteiger partial charge >= 0.3 is 0 Å². The van der Waals surface area contributed by atoms with Crippen LogP contribution in [0.4, 0.5) is 0 Å². The van der Waals surface area contributed by atoms with Crippen molar-refractivity contribution >= 4 is 15.9 Å². The molecule has 1 aromatic rings. The van der Waals surface area contributed by atoms with Crippen LogP contribution < -0.4 is 5.32 Å². The summed E-state index contributed by atoms with van der Waals surface area (Å²) in [4.78, 5) is 0. The highest BCUT2D eigenvalue weighted by Crippen LogP contribution is 2.37.